The van der Waals surface area contributed by atoms with Gasteiger partial charge in [0.15, 0.2) is 0 Å². The zero-order valence-corrected chi connectivity index (χ0v) is 12.1. The average molecular weight is 300 g/mol. The number of halogens is 2. The van der Waals surface area contributed by atoms with Crippen LogP contribution in [-0.4, -0.2) is 10.1 Å². The maximum Gasteiger partial charge on any atom is 0.243 e. The highest BCUT2D eigenvalue weighted by Gasteiger charge is 2.15. The minimum atomic E-state index is -0.226. The predicted octanol–water partition coefficient (Wildman–Crippen LogP) is 4.23. The summed E-state index contributed by atoms with van der Waals surface area (Å²) in [4.78, 5) is 4.30. The first-order chi connectivity index (χ1) is 9.10. The summed E-state index contributed by atoms with van der Waals surface area (Å²) in [6, 6.07) is 4.90. The number of unbranched alkanes of at least 4 members (excludes halogenated alkanes) is 1. The summed E-state index contributed by atoms with van der Waals surface area (Å²) in [5.74, 6) is 0.894. The molecule has 0 fully saturated rings. The summed E-state index contributed by atoms with van der Waals surface area (Å²) in [6.45, 7) is 2.11. The summed E-state index contributed by atoms with van der Waals surface area (Å²) in [5, 5.41) is 4.98. The highest BCUT2D eigenvalue weighted by Crippen LogP contribution is 2.26. The molecule has 6 heteroatoms. The molecule has 0 aliphatic carbocycles. The molecule has 0 spiro atoms. The molecular weight excluding hydrogens is 285 g/mol. The quantitative estimate of drug-likeness (QED) is 0.897. The minimum absolute atomic E-state index is 0.226. The van der Waals surface area contributed by atoms with Crippen LogP contribution in [0.2, 0.25) is 10.0 Å². The van der Waals surface area contributed by atoms with Crippen LogP contribution in [0.5, 0.6) is 0 Å². The van der Waals surface area contributed by atoms with Crippen LogP contribution in [0.4, 0.5) is 0 Å². The molecule has 0 radical (unpaired) electrons. The van der Waals surface area contributed by atoms with Crippen LogP contribution in [0.25, 0.3) is 11.4 Å². The number of hydrogen-bond acceptors (Lipinski definition) is 4. The smallest absolute Gasteiger partial charge is 0.243 e. The fourth-order valence-corrected chi connectivity index (χ4v) is 2.26. The van der Waals surface area contributed by atoms with E-state index in [1.165, 1.54) is 0 Å². The van der Waals surface area contributed by atoms with Gasteiger partial charge in [0.25, 0.3) is 0 Å². The van der Waals surface area contributed by atoms with Gasteiger partial charge in [-0.15, -0.1) is 0 Å². The molecule has 19 heavy (non-hydrogen) atoms. The molecule has 0 amide bonds. The molecule has 0 aliphatic heterocycles. The predicted molar refractivity (Wildman–Crippen MR) is 76.2 cm³/mol. The van der Waals surface area contributed by atoms with Crippen LogP contribution in [0.1, 0.15) is 38.1 Å². The summed E-state index contributed by atoms with van der Waals surface area (Å²) >= 11 is 11.9. The lowest BCUT2D eigenvalue weighted by Crippen LogP contribution is -2.10. The van der Waals surface area contributed by atoms with Gasteiger partial charge >= 0.3 is 0 Å². The molecule has 102 valence electrons. The molecule has 0 saturated carbocycles. The summed E-state index contributed by atoms with van der Waals surface area (Å²) in [5.41, 5.74) is 6.70. The van der Waals surface area contributed by atoms with Crippen LogP contribution >= 0.6 is 23.2 Å². The first-order valence-corrected chi connectivity index (χ1v) is 6.91. The Morgan fingerprint density at radius 1 is 1.26 bits per heavy atom. The van der Waals surface area contributed by atoms with E-state index in [1.807, 2.05) is 0 Å². The molecule has 0 saturated heterocycles. The van der Waals surface area contributed by atoms with Gasteiger partial charge in [0.05, 0.1) is 6.04 Å². The van der Waals surface area contributed by atoms with Gasteiger partial charge in [-0.3, -0.25) is 0 Å². The van der Waals surface area contributed by atoms with Crippen LogP contribution in [0.3, 0.4) is 0 Å². The Labute approximate surface area is 121 Å². The van der Waals surface area contributed by atoms with Crippen molar-refractivity contribution in [3.63, 3.8) is 0 Å². The van der Waals surface area contributed by atoms with E-state index in [0.29, 0.717) is 21.8 Å². The van der Waals surface area contributed by atoms with Crippen LogP contribution in [-0.2, 0) is 0 Å². The third-order valence-corrected chi connectivity index (χ3v) is 3.18. The lowest BCUT2D eigenvalue weighted by molar-refractivity contribution is 0.346. The molecule has 2 rings (SSSR count). The fourth-order valence-electron chi connectivity index (χ4n) is 1.73. The third-order valence-electron chi connectivity index (χ3n) is 2.75. The number of nitrogens with zero attached hydrogens (tertiary/aromatic N) is 2. The number of benzene rings is 1. The number of hydrogen-bond donors (Lipinski definition) is 1. The Bertz CT molecular complexity index is 536. The van der Waals surface area contributed by atoms with Gasteiger partial charge in [-0.05, 0) is 24.6 Å². The SMILES string of the molecule is CCCCC(N)c1nc(-c2cc(Cl)cc(Cl)c2)no1. The zero-order chi connectivity index (χ0) is 13.8. The Kier molecular flexibility index (Phi) is 4.80. The van der Waals surface area contributed by atoms with Crippen molar-refractivity contribution in [2.75, 3.05) is 0 Å². The van der Waals surface area contributed by atoms with Crippen molar-refractivity contribution in [2.45, 2.75) is 32.2 Å². The van der Waals surface area contributed by atoms with Crippen LogP contribution < -0.4 is 5.73 Å². The summed E-state index contributed by atoms with van der Waals surface area (Å²) < 4.78 is 5.19. The molecule has 0 aliphatic rings. The normalized spacial score (nSPS) is 12.6. The molecule has 1 atom stereocenters. The number of rotatable bonds is 5. The molecule has 0 bridgehead atoms. The molecule has 1 aromatic carbocycles. The van der Waals surface area contributed by atoms with Crippen molar-refractivity contribution in [3.05, 3.63) is 34.1 Å². The lowest BCUT2D eigenvalue weighted by Gasteiger charge is -2.03. The van der Waals surface area contributed by atoms with E-state index in [-0.39, 0.29) is 6.04 Å². The van der Waals surface area contributed by atoms with Crippen molar-refractivity contribution < 1.29 is 4.52 Å². The van der Waals surface area contributed by atoms with Gasteiger partial charge in [-0.1, -0.05) is 48.1 Å². The van der Waals surface area contributed by atoms with Gasteiger partial charge < -0.3 is 10.3 Å². The van der Waals surface area contributed by atoms with Crippen LogP contribution in [0.15, 0.2) is 22.7 Å². The highest BCUT2D eigenvalue weighted by atomic mass is 35.5. The van der Waals surface area contributed by atoms with Gasteiger partial charge in [0.2, 0.25) is 11.7 Å². The number of aromatic nitrogens is 2. The second-order valence-electron chi connectivity index (χ2n) is 4.36. The Balaban J connectivity index is 2.20. The molecule has 2 aromatic rings. The van der Waals surface area contributed by atoms with Gasteiger partial charge in [0.1, 0.15) is 0 Å². The van der Waals surface area contributed by atoms with E-state index in [4.69, 9.17) is 33.5 Å². The lowest BCUT2D eigenvalue weighted by atomic mass is 10.1. The number of nitrogens with two attached hydrogens (primary N) is 1. The second kappa shape index (κ2) is 6.37. The Hall–Kier alpha value is -1.10. The Morgan fingerprint density at radius 3 is 2.58 bits per heavy atom. The Morgan fingerprint density at radius 2 is 1.95 bits per heavy atom. The first-order valence-electron chi connectivity index (χ1n) is 6.15. The standard InChI is InChI=1S/C13H15Cl2N3O/c1-2-3-4-11(16)13-17-12(18-19-13)8-5-9(14)7-10(15)6-8/h5-7,11H,2-4,16H2,1H3. The van der Waals surface area contributed by atoms with E-state index >= 15 is 0 Å². The van der Waals surface area contributed by atoms with E-state index in [2.05, 4.69) is 17.1 Å². The van der Waals surface area contributed by atoms with Crippen molar-refractivity contribution in [1.82, 2.24) is 10.1 Å². The highest BCUT2D eigenvalue weighted by molar-refractivity contribution is 6.35. The molecule has 1 unspecified atom stereocenters. The van der Waals surface area contributed by atoms with Crippen LogP contribution in [0, 0.1) is 0 Å². The molecule has 2 N–H and O–H groups in total. The maximum absolute atomic E-state index is 5.98. The van der Waals surface area contributed by atoms with Gasteiger partial charge in [0, 0.05) is 15.6 Å². The van der Waals surface area contributed by atoms with E-state index in [9.17, 15) is 0 Å². The van der Waals surface area contributed by atoms with Crippen molar-refractivity contribution in [2.24, 2.45) is 5.73 Å². The summed E-state index contributed by atoms with van der Waals surface area (Å²) in [7, 11) is 0. The molecular formula is C13H15Cl2N3O. The van der Waals surface area contributed by atoms with Gasteiger partial charge in [-0.2, -0.15) is 4.98 Å². The maximum atomic E-state index is 5.98. The molecule has 1 aromatic heterocycles. The largest absolute Gasteiger partial charge is 0.337 e. The second-order valence-corrected chi connectivity index (χ2v) is 5.24. The van der Waals surface area contributed by atoms with Gasteiger partial charge in [-0.25, -0.2) is 0 Å². The minimum Gasteiger partial charge on any atom is -0.337 e. The van der Waals surface area contributed by atoms with Crippen molar-refractivity contribution in [3.8, 4) is 11.4 Å². The first kappa shape index (κ1) is 14.3. The van der Waals surface area contributed by atoms with E-state index in [1.54, 1.807) is 18.2 Å². The van der Waals surface area contributed by atoms with E-state index in [0.717, 1.165) is 24.8 Å². The monoisotopic (exact) mass is 299 g/mol. The topological polar surface area (TPSA) is 64.9 Å². The van der Waals surface area contributed by atoms with Crippen molar-refractivity contribution in [1.29, 1.82) is 0 Å². The molecule has 1 heterocycles. The third kappa shape index (κ3) is 3.69. The zero-order valence-electron chi connectivity index (χ0n) is 10.6. The van der Waals surface area contributed by atoms with Crippen molar-refractivity contribution >= 4 is 23.2 Å². The molecule has 4 nitrogen and oxygen atoms in total. The average Bonchev–Trinajstić information content (AvgIpc) is 2.84. The van der Waals surface area contributed by atoms with E-state index < -0.39 is 0 Å². The fraction of sp³-hybridized carbons (Fsp3) is 0.385. The summed E-state index contributed by atoms with van der Waals surface area (Å²) in [6.07, 6.45) is 2.94.